The number of carboxylic acids is 1. The van der Waals surface area contributed by atoms with Crippen LogP contribution < -0.4 is 0 Å². The Hall–Kier alpha value is -2.73. The zero-order valence-corrected chi connectivity index (χ0v) is 13.3. The molecule has 0 saturated carbocycles. The van der Waals surface area contributed by atoms with Gasteiger partial charge in [-0.2, -0.15) is 0 Å². The molecule has 1 aromatic carbocycles. The van der Waals surface area contributed by atoms with Gasteiger partial charge in [0.25, 0.3) is 5.91 Å². The molecule has 1 atom stereocenters. The first-order valence-corrected chi connectivity index (χ1v) is 7.72. The van der Waals surface area contributed by atoms with Crippen molar-refractivity contribution >= 4 is 11.9 Å². The lowest BCUT2D eigenvalue weighted by molar-refractivity contribution is -0.147. The first-order valence-electron chi connectivity index (χ1n) is 7.72. The van der Waals surface area contributed by atoms with E-state index >= 15 is 0 Å². The molecule has 1 aromatic heterocycles. The van der Waals surface area contributed by atoms with E-state index in [2.05, 4.69) is 4.98 Å². The number of amides is 1. The molecule has 1 aliphatic heterocycles. The quantitative estimate of drug-likeness (QED) is 0.933. The van der Waals surface area contributed by atoms with Gasteiger partial charge in [0.1, 0.15) is 0 Å². The molecule has 1 unspecified atom stereocenters. The minimum absolute atomic E-state index is 0.00957. The number of ether oxygens (including phenoxy) is 1. The maximum absolute atomic E-state index is 12.8. The Labute approximate surface area is 139 Å². The fraction of sp³-hybridized carbons (Fsp3) is 0.278. The number of rotatable bonds is 3. The maximum atomic E-state index is 12.8. The molecule has 2 aromatic rings. The van der Waals surface area contributed by atoms with Gasteiger partial charge in [0.05, 0.1) is 30.2 Å². The zero-order chi connectivity index (χ0) is 17.1. The smallest absolute Gasteiger partial charge is 0.328 e. The average Bonchev–Trinajstić information content (AvgIpc) is 2.62. The highest BCUT2D eigenvalue weighted by molar-refractivity contribution is 5.97. The summed E-state index contributed by atoms with van der Waals surface area (Å²) in [6.45, 7) is 2.37. The molecule has 1 fully saturated rings. The molecule has 3 rings (SSSR count). The zero-order valence-electron chi connectivity index (χ0n) is 13.3. The number of pyridine rings is 1. The van der Waals surface area contributed by atoms with E-state index in [1.54, 1.807) is 19.1 Å². The van der Waals surface area contributed by atoms with Crippen molar-refractivity contribution in [3.63, 3.8) is 0 Å². The second kappa shape index (κ2) is 6.80. The monoisotopic (exact) mass is 326 g/mol. The molecule has 0 aliphatic carbocycles. The van der Waals surface area contributed by atoms with E-state index in [0.717, 1.165) is 11.3 Å². The largest absolute Gasteiger partial charge is 0.480 e. The molecule has 2 heterocycles. The lowest BCUT2D eigenvalue weighted by atomic mass is 10.1. The highest BCUT2D eigenvalue weighted by Gasteiger charge is 2.33. The third-order valence-electron chi connectivity index (χ3n) is 4.06. The van der Waals surface area contributed by atoms with Crippen LogP contribution in [0.5, 0.6) is 0 Å². The van der Waals surface area contributed by atoms with Gasteiger partial charge >= 0.3 is 5.97 Å². The Kier molecular flexibility index (Phi) is 4.57. The van der Waals surface area contributed by atoms with Gasteiger partial charge in [-0.1, -0.05) is 30.3 Å². The predicted molar refractivity (Wildman–Crippen MR) is 87.7 cm³/mol. The molecule has 6 nitrogen and oxygen atoms in total. The molecule has 1 saturated heterocycles. The van der Waals surface area contributed by atoms with Crippen molar-refractivity contribution in [1.29, 1.82) is 0 Å². The summed E-state index contributed by atoms with van der Waals surface area (Å²) in [4.78, 5) is 29.9. The lowest BCUT2D eigenvalue weighted by Crippen LogP contribution is -2.52. The number of carboxylic acid groups (broad SMARTS) is 1. The van der Waals surface area contributed by atoms with E-state index in [1.807, 2.05) is 30.3 Å². The third-order valence-corrected chi connectivity index (χ3v) is 4.06. The van der Waals surface area contributed by atoms with Crippen LogP contribution in [0.1, 0.15) is 16.1 Å². The first-order chi connectivity index (χ1) is 11.6. The van der Waals surface area contributed by atoms with Crippen LogP contribution in [0, 0.1) is 6.92 Å². The number of benzene rings is 1. The van der Waals surface area contributed by atoms with Crippen LogP contribution in [0.3, 0.4) is 0 Å². The van der Waals surface area contributed by atoms with Gasteiger partial charge in [-0.3, -0.25) is 9.78 Å². The lowest BCUT2D eigenvalue weighted by Gasteiger charge is -2.33. The second-order valence-electron chi connectivity index (χ2n) is 5.62. The van der Waals surface area contributed by atoms with Crippen molar-refractivity contribution < 1.29 is 19.4 Å². The number of aromatic nitrogens is 1. The van der Waals surface area contributed by atoms with E-state index in [0.29, 0.717) is 17.9 Å². The summed E-state index contributed by atoms with van der Waals surface area (Å²) in [5.41, 5.74) is 2.75. The number of carbonyl (C=O) groups excluding carboxylic acids is 1. The Morgan fingerprint density at radius 1 is 1.21 bits per heavy atom. The van der Waals surface area contributed by atoms with Crippen LogP contribution in [-0.2, 0) is 9.53 Å². The molecule has 0 bridgehead atoms. The minimum atomic E-state index is -1.06. The maximum Gasteiger partial charge on any atom is 0.328 e. The van der Waals surface area contributed by atoms with Crippen molar-refractivity contribution in [2.75, 3.05) is 19.8 Å². The Morgan fingerprint density at radius 3 is 2.62 bits per heavy atom. The second-order valence-corrected chi connectivity index (χ2v) is 5.62. The van der Waals surface area contributed by atoms with Gasteiger partial charge in [-0.05, 0) is 19.1 Å². The standard InChI is InChI=1S/C18H18N2O4/c1-12-14(7-8-15(19-12)13-5-3-2-4-6-13)17(21)20-9-10-24-11-16(20)18(22)23/h2-8,16H,9-11H2,1H3,(H,22,23). The molecule has 0 spiro atoms. The van der Waals surface area contributed by atoms with Gasteiger partial charge in [0.2, 0.25) is 0 Å². The van der Waals surface area contributed by atoms with Crippen LogP contribution in [0.4, 0.5) is 0 Å². The summed E-state index contributed by atoms with van der Waals surface area (Å²) in [6.07, 6.45) is 0. The fourth-order valence-corrected chi connectivity index (χ4v) is 2.76. The molecule has 1 N–H and O–H groups in total. The summed E-state index contributed by atoms with van der Waals surface area (Å²) in [7, 11) is 0. The number of nitrogens with zero attached hydrogens (tertiary/aromatic N) is 2. The summed E-state index contributed by atoms with van der Waals surface area (Å²) < 4.78 is 5.18. The van der Waals surface area contributed by atoms with Crippen LogP contribution >= 0.6 is 0 Å². The summed E-state index contributed by atoms with van der Waals surface area (Å²) in [5.74, 6) is -1.38. The Morgan fingerprint density at radius 2 is 1.96 bits per heavy atom. The minimum Gasteiger partial charge on any atom is -0.480 e. The van der Waals surface area contributed by atoms with Crippen LogP contribution in [0.15, 0.2) is 42.5 Å². The molecule has 1 amide bonds. The molecular weight excluding hydrogens is 308 g/mol. The van der Waals surface area contributed by atoms with Crippen molar-refractivity contribution in [3.8, 4) is 11.3 Å². The molecule has 6 heteroatoms. The number of aliphatic carboxylic acids is 1. The summed E-state index contributed by atoms with van der Waals surface area (Å²) in [6, 6.07) is 12.2. The van der Waals surface area contributed by atoms with E-state index < -0.39 is 12.0 Å². The molecule has 124 valence electrons. The molecular formula is C18H18N2O4. The molecule has 1 aliphatic rings. The normalized spacial score (nSPS) is 17.5. The van der Waals surface area contributed by atoms with Crippen molar-refractivity contribution in [2.45, 2.75) is 13.0 Å². The number of aryl methyl sites for hydroxylation is 1. The van der Waals surface area contributed by atoms with Crippen LogP contribution in [-0.4, -0.2) is 52.7 Å². The van der Waals surface area contributed by atoms with Gasteiger partial charge in [-0.25, -0.2) is 4.79 Å². The van der Waals surface area contributed by atoms with E-state index in [1.165, 1.54) is 4.90 Å². The number of carbonyl (C=O) groups is 2. The molecule has 0 radical (unpaired) electrons. The van der Waals surface area contributed by atoms with E-state index in [4.69, 9.17) is 4.74 Å². The van der Waals surface area contributed by atoms with Gasteiger partial charge in [0, 0.05) is 12.1 Å². The fourth-order valence-electron chi connectivity index (χ4n) is 2.76. The van der Waals surface area contributed by atoms with Gasteiger partial charge in [0.15, 0.2) is 6.04 Å². The van der Waals surface area contributed by atoms with Crippen LogP contribution in [0.2, 0.25) is 0 Å². The number of hydrogen-bond donors (Lipinski definition) is 1. The molecule has 24 heavy (non-hydrogen) atoms. The highest BCUT2D eigenvalue weighted by atomic mass is 16.5. The van der Waals surface area contributed by atoms with Crippen molar-refractivity contribution in [2.24, 2.45) is 0 Å². The van der Waals surface area contributed by atoms with Crippen molar-refractivity contribution in [3.05, 3.63) is 53.7 Å². The average molecular weight is 326 g/mol. The van der Waals surface area contributed by atoms with Crippen molar-refractivity contribution in [1.82, 2.24) is 9.88 Å². The van der Waals surface area contributed by atoms with Gasteiger partial charge in [-0.15, -0.1) is 0 Å². The first kappa shape index (κ1) is 16.1. The number of morpholine rings is 1. The van der Waals surface area contributed by atoms with E-state index in [-0.39, 0.29) is 19.1 Å². The number of hydrogen-bond acceptors (Lipinski definition) is 4. The topological polar surface area (TPSA) is 79.7 Å². The van der Waals surface area contributed by atoms with E-state index in [9.17, 15) is 14.7 Å². The summed E-state index contributed by atoms with van der Waals surface area (Å²) in [5, 5.41) is 9.28. The third kappa shape index (κ3) is 3.14. The predicted octanol–water partition coefficient (Wildman–Crippen LogP) is 1.98. The Balaban J connectivity index is 1.89. The highest BCUT2D eigenvalue weighted by Crippen LogP contribution is 2.21. The summed E-state index contributed by atoms with van der Waals surface area (Å²) >= 11 is 0. The van der Waals surface area contributed by atoms with Crippen LogP contribution in [0.25, 0.3) is 11.3 Å². The Bertz CT molecular complexity index is 761. The van der Waals surface area contributed by atoms with Gasteiger partial charge < -0.3 is 14.7 Å². The SMILES string of the molecule is Cc1nc(-c2ccccc2)ccc1C(=O)N1CCOCC1C(=O)O.